The van der Waals surface area contributed by atoms with Crippen LogP contribution >= 0.6 is 0 Å². The molecule has 8 heteroatoms. The third kappa shape index (κ3) is 5.44. The van der Waals surface area contributed by atoms with Crippen LogP contribution in [-0.2, 0) is 14.8 Å². The summed E-state index contributed by atoms with van der Waals surface area (Å²) in [7, 11) is -3.65. The highest BCUT2D eigenvalue weighted by atomic mass is 32.2. The fourth-order valence-corrected chi connectivity index (χ4v) is 3.71. The molecule has 1 amide bonds. The molecule has 2 rings (SSSR count). The Bertz CT molecular complexity index is 717. The van der Waals surface area contributed by atoms with Gasteiger partial charge in [-0.2, -0.15) is 5.26 Å². The Labute approximate surface area is 148 Å². The number of ether oxygens (including phenoxy) is 1. The molecule has 0 atom stereocenters. The molecule has 0 unspecified atom stereocenters. The number of sulfonamides is 1. The summed E-state index contributed by atoms with van der Waals surface area (Å²) in [6.07, 6.45) is 1.47. The lowest BCUT2D eigenvalue weighted by Crippen LogP contribution is -2.39. The summed E-state index contributed by atoms with van der Waals surface area (Å²) in [6.45, 7) is 3.53. The maximum Gasteiger partial charge on any atom is 0.240 e. The third-order valence-electron chi connectivity index (χ3n) is 4.11. The van der Waals surface area contributed by atoms with Crippen LogP contribution in [-0.4, -0.2) is 45.5 Å². The van der Waals surface area contributed by atoms with Gasteiger partial charge in [0, 0.05) is 32.0 Å². The highest BCUT2D eigenvalue weighted by Gasteiger charge is 2.22. The molecule has 1 aromatic rings. The second-order valence-electron chi connectivity index (χ2n) is 5.84. The van der Waals surface area contributed by atoms with E-state index in [2.05, 4.69) is 10.8 Å². The monoisotopic (exact) mass is 365 g/mol. The quantitative estimate of drug-likeness (QED) is 0.790. The molecule has 7 nitrogen and oxygen atoms in total. The number of amides is 1. The molecule has 1 aromatic carbocycles. The number of rotatable bonds is 7. The van der Waals surface area contributed by atoms with Crippen LogP contribution in [0.25, 0.3) is 0 Å². The summed E-state index contributed by atoms with van der Waals surface area (Å²) in [5.74, 6) is 0.533. The van der Waals surface area contributed by atoms with Crippen molar-refractivity contribution in [3.05, 3.63) is 24.3 Å². The van der Waals surface area contributed by atoms with E-state index in [4.69, 9.17) is 10.00 Å². The summed E-state index contributed by atoms with van der Waals surface area (Å²) >= 11 is 0. The van der Waals surface area contributed by atoms with Crippen LogP contribution < -0.4 is 9.46 Å². The normalized spacial score (nSPS) is 15.6. The minimum atomic E-state index is -3.65. The van der Waals surface area contributed by atoms with Crippen LogP contribution in [0.15, 0.2) is 29.2 Å². The van der Waals surface area contributed by atoms with Gasteiger partial charge in [-0.25, -0.2) is 13.1 Å². The highest BCUT2D eigenvalue weighted by Crippen LogP contribution is 2.17. The number of carbonyl (C=O) groups is 1. The predicted octanol–water partition coefficient (Wildman–Crippen LogP) is 1.52. The Balaban J connectivity index is 1.82. The molecule has 136 valence electrons. The first-order valence-corrected chi connectivity index (χ1v) is 9.84. The highest BCUT2D eigenvalue weighted by molar-refractivity contribution is 7.89. The van der Waals surface area contributed by atoms with Gasteiger partial charge in [-0.3, -0.25) is 4.79 Å². The van der Waals surface area contributed by atoms with Crippen LogP contribution in [0, 0.1) is 17.2 Å². The maximum absolute atomic E-state index is 12.2. The zero-order chi connectivity index (χ0) is 18.3. The van der Waals surface area contributed by atoms with Crippen molar-refractivity contribution < 1.29 is 17.9 Å². The van der Waals surface area contributed by atoms with E-state index in [0.717, 1.165) is 0 Å². The van der Waals surface area contributed by atoms with Gasteiger partial charge >= 0.3 is 0 Å². The van der Waals surface area contributed by atoms with Crippen molar-refractivity contribution in [1.82, 2.24) is 9.62 Å². The first kappa shape index (κ1) is 19.2. The van der Waals surface area contributed by atoms with E-state index in [1.165, 1.54) is 12.1 Å². The van der Waals surface area contributed by atoms with Gasteiger partial charge in [0.2, 0.25) is 15.9 Å². The van der Waals surface area contributed by atoms with Crippen molar-refractivity contribution >= 4 is 15.9 Å². The molecule has 1 fully saturated rings. The molecule has 1 aliphatic heterocycles. The SMILES string of the molecule is CCOc1ccc(S(=O)(=O)NCCC(=O)N2CCC(C#N)CC2)cc1. The van der Waals surface area contributed by atoms with E-state index in [1.54, 1.807) is 17.0 Å². The van der Waals surface area contributed by atoms with Crippen LogP contribution in [0.5, 0.6) is 5.75 Å². The number of nitriles is 1. The van der Waals surface area contributed by atoms with Gasteiger partial charge in [0.1, 0.15) is 5.75 Å². The number of carbonyl (C=O) groups excluding carboxylic acids is 1. The lowest BCUT2D eigenvalue weighted by Gasteiger charge is -2.29. The molecule has 0 spiro atoms. The molecular weight excluding hydrogens is 342 g/mol. The van der Waals surface area contributed by atoms with Gasteiger partial charge in [0.05, 0.1) is 17.6 Å². The molecule has 0 aromatic heterocycles. The number of piperidine rings is 1. The van der Waals surface area contributed by atoms with E-state index >= 15 is 0 Å². The maximum atomic E-state index is 12.2. The second-order valence-corrected chi connectivity index (χ2v) is 7.60. The summed E-state index contributed by atoms with van der Waals surface area (Å²) < 4.78 is 32.2. The zero-order valence-electron chi connectivity index (χ0n) is 14.3. The Kier molecular flexibility index (Phi) is 6.79. The largest absolute Gasteiger partial charge is 0.494 e. The van der Waals surface area contributed by atoms with Gasteiger partial charge < -0.3 is 9.64 Å². The number of likely N-dealkylation sites (tertiary alicyclic amines) is 1. The summed E-state index contributed by atoms with van der Waals surface area (Å²) in [5, 5.41) is 8.86. The molecule has 0 aliphatic carbocycles. The van der Waals surface area contributed by atoms with E-state index in [9.17, 15) is 13.2 Å². The molecule has 25 heavy (non-hydrogen) atoms. The topological polar surface area (TPSA) is 99.5 Å². The molecule has 0 bridgehead atoms. The van der Waals surface area contributed by atoms with E-state index in [1.807, 2.05) is 6.92 Å². The van der Waals surface area contributed by atoms with Gasteiger partial charge in [-0.15, -0.1) is 0 Å². The van der Waals surface area contributed by atoms with Gasteiger partial charge in [0.25, 0.3) is 0 Å². The van der Waals surface area contributed by atoms with Crippen molar-refractivity contribution in [2.75, 3.05) is 26.2 Å². The Morgan fingerprint density at radius 3 is 2.52 bits per heavy atom. The van der Waals surface area contributed by atoms with Crippen molar-refractivity contribution in [3.63, 3.8) is 0 Å². The molecular formula is C17H23N3O4S. The van der Waals surface area contributed by atoms with Gasteiger partial charge in [0.15, 0.2) is 0 Å². The van der Waals surface area contributed by atoms with Crippen LogP contribution in [0.2, 0.25) is 0 Å². The van der Waals surface area contributed by atoms with Gasteiger partial charge in [-0.05, 0) is 44.0 Å². The van der Waals surface area contributed by atoms with E-state index < -0.39 is 10.0 Å². The summed E-state index contributed by atoms with van der Waals surface area (Å²) in [4.78, 5) is 14.0. The fourth-order valence-electron chi connectivity index (χ4n) is 2.67. The summed E-state index contributed by atoms with van der Waals surface area (Å²) in [5.41, 5.74) is 0. The minimum absolute atomic E-state index is 0.0159. The van der Waals surface area contributed by atoms with Gasteiger partial charge in [-0.1, -0.05) is 0 Å². The smallest absolute Gasteiger partial charge is 0.240 e. The van der Waals surface area contributed by atoms with E-state index in [-0.39, 0.29) is 29.7 Å². The molecule has 1 saturated heterocycles. The lowest BCUT2D eigenvalue weighted by molar-refractivity contribution is -0.132. The van der Waals surface area contributed by atoms with Crippen LogP contribution in [0.4, 0.5) is 0 Å². The lowest BCUT2D eigenvalue weighted by atomic mass is 9.98. The van der Waals surface area contributed by atoms with Crippen LogP contribution in [0.3, 0.4) is 0 Å². The minimum Gasteiger partial charge on any atom is -0.494 e. The van der Waals surface area contributed by atoms with Crippen molar-refractivity contribution in [3.8, 4) is 11.8 Å². The zero-order valence-corrected chi connectivity index (χ0v) is 15.1. The number of nitrogens with one attached hydrogen (secondary N) is 1. The number of hydrogen-bond donors (Lipinski definition) is 1. The predicted molar refractivity (Wildman–Crippen MR) is 92.3 cm³/mol. The average molecular weight is 365 g/mol. The summed E-state index contributed by atoms with van der Waals surface area (Å²) in [6, 6.07) is 8.37. The molecule has 1 heterocycles. The van der Waals surface area contributed by atoms with Crippen molar-refractivity contribution in [1.29, 1.82) is 5.26 Å². The van der Waals surface area contributed by atoms with Crippen LogP contribution in [0.1, 0.15) is 26.2 Å². The third-order valence-corrected chi connectivity index (χ3v) is 5.58. The van der Waals surface area contributed by atoms with E-state index in [0.29, 0.717) is 38.3 Å². The Morgan fingerprint density at radius 1 is 1.32 bits per heavy atom. The fraction of sp³-hybridized carbons (Fsp3) is 0.529. The standard InChI is InChI=1S/C17H23N3O4S/c1-2-24-15-3-5-16(6-4-15)25(22,23)19-10-7-17(21)20-11-8-14(13-18)9-12-20/h3-6,14,19H,2,7-12H2,1H3. The average Bonchev–Trinajstić information content (AvgIpc) is 2.62. The van der Waals surface area contributed by atoms with Crippen molar-refractivity contribution in [2.24, 2.45) is 5.92 Å². The molecule has 0 saturated carbocycles. The number of hydrogen-bond acceptors (Lipinski definition) is 5. The molecule has 1 aliphatic rings. The first-order chi connectivity index (χ1) is 12.0. The Hall–Kier alpha value is -2.11. The number of nitrogens with zero attached hydrogens (tertiary/aromatic N) is 2. The molecule has 1 N–H and O–H groups in total. The molecule has 0 radical (unpaired) electrons. The van der Waals surface area contributed by atoms with Crippen molar-refractivity contribution in [2.45, 2.75) is 31.1 Å². The Morgan fingerprint density at radius 2 is 1.96 bits per heavy atom. The second kappa shape index (κ2) is 8.83. The first-order valence-electron chi connectivity index (χ1n) is 8.36. The number of benzene rings is 1.